The van der Waals surface area contributed by atoms with E-state index in [-0.39, 0.29) is 16.5 Å². The molecular formula is C19H18ClN3O4S. The van der Waals surface area contributed by atoms with Crippen LogP contribution in [0.25, 0.3) is 10.9 Å². The fraction of sp³-hybridized carbons (Fsp3) is 0.263. The lowest BCUT2D eigenvalue weighted by Gasteiger charge is -2.30. The number of fused-ring (bicyclic) bond motifs is 1. The average molecular weight is 420 g/mol. The van der Waals surface area contributed by atoms with Gasteiger partial charge in [0.1, 0.15) is 0 Å². The zero-order valence-corrected chi connectivity index (χ0v) is 16.4. The molecule has 0 radical (unpaired) electrons. The molecule has 0 atom stereocenters. The Hall–Kier alpha value is -2.42. The first kappa shape index (κ1) is 18.9. The fourth-order valence-corrected chi connectivity index (χ4v) is 5.29. The number of halogens is 1. The molecule has 0 spiro atoms. The van der Waals surface area contributed by atoms with Gasteiger partial charge in [0, 0.05) is 52.8 Å². The number of nitrogens with one attached hydrogen (secondary N) is 1. The Bertz CT molecular complexity index is 1130. The molecule has 146 valence electrons. The van der Waals surface area contributed by atoms with Gasteiger partial charge in [0.25, 0.3) is 5.69 Å². The molecule has 0 saturated carbocycles. The highest BCUT2D eigenvalue weighted by molar-refractivity contribution is 7.89. The summed E-state index contributed by atoms with van der Waals surface area (Å²) < 4.78 is 27.1. The summed E-state index contributed by atoms with van der Waals surface area (Å²) in [7, 11) is -3.66. The van der Waals surface area contributed by atoms with Crippen LogP contribution >= 0.6 is 11.6 Å². The maximum atomic E-state index is 12.8. The van der Waals surface area contributed by atoms with Gasteiger partial charge in [-0.25, -0.2) is 8.42 Å². The number of nitro groups is 1. The van der Waals surface area contributed by atoms with Crippen LogP contribution < -0.4 is 0 Å². The number of benzene rings is 2. The molecular weight excluding hydrogens is 402 g/mol. The van der Waals surface area contributed by atoms with Crippen LogP contribution in [-0.2, 0) is 10.0 Å². The third-order valence-electron chi connectivity index (χ3n) is 5.18. The Kier molecular flexibility index (Phi) is 4.86. The molecule has 4 rings (SSSR count). The number of hydrogen-bond acceptors (Lipinski definition) is 4. The van der Waals surface area contributed by atoms with Gasteiger partial charge in [-0.1, -0.05) is 11.6 Å². The molecule has 0 amide bonds. The van der Waals surface area contributed by atoms with Crippen LogP contribution in [0, 0.1) is 10.1 Å². The first-order valence-electron chi connectivity index (χ1n) is 8.87. The molecule has 3 aromatic rings. The number of hydrogen-bond donors (Lipinski definition) is 1. The Balaban J connectivity index is 1.48. The second kappa shape index (κ2) is 7.20. The van der Waals surface area contributed by atoms with E-state index in [4.69, 9.17) is 11.6 Å². The topological polar surface area (TPSA) is 96.3 Å². The number of piperidine rings is 1. The van der Waals surface area contributed by atoms with Crippen molar-refractivity contribution in [1.82, 2.24) is 9.29 Å². The Morgan fingerprint density at radius 3 is 2.39 bits per heavy atom. The molecule has 2 aromatic carbocycles. The van der Waals surface area contributed by atoms with Crippen molar-refractivity contribution in [3.8, 4) is 0 Å². The van der Waals surface area contributed by atoms with Crippen molar-refractivity contribution >= 4 is 38.2 Å². The van der Waals surface area contributed by atoms with E-state index in [1.54, 1.807) is 0 Å². The molecule has 7 nitrogen and oxygen atoms in total. The second-order valence-electron chi connectivity index (χ2n) is 6.89. The smallest absolute Gasteiger partial charge is 0.269 e. The van der Waals surface area contributed by atoms with E-state index in [0.29, 0.717) is 31.0 Å². The van der Waals surface area contributed by atoms with Gasteiger partial charge in [0.15, 0.2) is 0 Å². The lowest BCUT2D eigenvalue weighted by atomic mass is 9.95. The zero-order valence-electron chi connectivity index (χ0n) is 14.8. The minimum atomic E-state index is -3.66. The predicted molar refractivity (Wildman–Crippen MR) is 107 cm³/mol. The highest BCUT2D eigenvalue weighted by Crippen LogP contribution is 2.33. The third-order valence-corrected chi connectivity index (χ3v) is 7.33. The SMILES string of the molecule is O=[N+]([O-])c1ccc(S(=O)(=O)N2CCC(c3cc4cc(Cl)ccc4[nH]3)CC2)cc1. The van der Waals surface area contributed by atoms with Gasteiger partial charge in [-0.3, -0.25) is 10.1 Å². The third kappa shape index (κ3) is 3.50. The van der Waals surface area contributed by atoms with Gasteiger partial charge in [0.2, 0.25) is 10.0 Å². The van der Waals surface area contributed by atoms with Crippen LogP contribution in [-0.4, -0.2) is 35.7 Å². The summed E-state index contributed by atoms with van der Waals surface area (Å²) in [5.74, 6) is 0.245. The Morgan fingerprint density at radius 2 is 1.75 bits per heavy atom. The van der Waals surface area contributed by atoms with E-state index >= 15 is 0 Å². The van der Waals surface area contributed by atoms with Crippen molar-refractivity contribution in [2.24, 2.45) is 0 Å². The van der Waals surface area contributed by atoms with Gasteiger partial charge in [-0.05, 0) is 49.2 Å². The number of H-pyrrole nitrogens is 1. The largest absolute Gasteiger partial charge is 0.358 e. The average Bonchev–Trinajstić information content (AvgIpc) is 3.11. The van der Waals surface area contributed by atoms with Crippen LogP contribution in [0.15, 0.2) is 53.4 Å². The van der Waals surface area contributed by atoms with Crippen LogP contribution in [0.3, 0.4) is 0 Å². The van der Waals surface area contributed by atoms with Crippen molar-refractivity contribution in [2.75, 3.05) is 13.1 Å². The van der Waals surface area contributed by atoms with E-state index < -0.39 is 14.9 Å². The van der Waals surface area contributed by atoms with Crippen LogP contribution in [0.4, 0.5) is 5.69 Å². The summed E-state index contributed by atoms with van der Waals surface area (Å²) in [5.41, 5.74) is 1.97. The molecule has 0 bridgehead atoms. The number of aromatic nitrogens is 1. The number of rotatable bonds is 4. The van der Waals surface area contributed by atoms with Gasteiger partial charge in [-0.2, -0.15) is 4.31 Å². The first-order chi connectivity index (χ1) is 13.3. The maximum Gasteiger partial charge on any atom is 0.269 e. The summed E-state index contributed by atoms with van der Waals surface area (Å²) in [5, 5.41) is 12.5. The molecule has 28 heavy (non-hydrogen) atoms. The van der Waals surface area contributed by atoms with Gasteiger partial charge < -0.3 is 4.98 Å². The van der Waals surface area contributed by atoms with Crippen LogP contribution in [0.5, 0.6) is 0 Å². The number of sulfonamides is 1. The van der Waals surface area contributed by atoms with E-state index in [2.05, 4.69) is 11.1 Å². The van der Waals surface area contributed by atoms with Gasteiger partial charge >= 0.3 is 0 Å². The number of non-ortho nitro benzene ring substituents is 1. The minimum Gasteiger partial charge on any atom is -0.358 e. The summed E-state index contributed by atoms with van der Waals surface area (Å²) >= 11 is 6.04. The lowest BCUT2D eigenvalue weighted by Crippen LogP contribution is -2.37. The van der Waals surface area contributed by atoms with Crippen LogP contribution in [0.2, 0.25) is 5.02 Å². The zero-order chi connectivity index (χ0) is 19.9. The molecule has 1 aromatic heterocycles. The van der Waals surface area contributed by atoms with Gasteiger partial charge in [0.05, 0.1) is 9.82 Å². The normalized spacial score (nSPS) is 16.5. The van der Waals surface area contributed by atoms with Crippen molar-refractivity contribution in [3.63, 3.8) is 0 Å². The Labute approximate surface area is 167 Å². The maximum absolute atomic E-state index is 12.8. The van der Waals surface area contributed by atoms with E-state index in [1.807, 2.05) is 18.2 Å². The van der Waals surface area contributed by atoms with E-state index in [1.165, 1.54) is 28.6 Å². The predicted octanol–water partition coefficient (Wildman–Crippen LogP) is 4.30. The van der Waals surface area contributed by atoms with Crippen molar-refractivity contribution < 1.29 is 13.3 Å². The highest BCUT2D eigenvalue weighted by atomic mass is 35.5. The second-order valence-corrected chi connectivity index (χ2v) is 9.26. The minimum absolute atomic E-state index is 0.0804. The highest BCUT2D eigenvalue weighted by Gasteiger charge is 2.30. The summed E-state index contributed by atoms with van der Waals surface area (Å²) in [6.45, 7) is 0.806. The molecule has 2 heterocycles. The fourth-order valence-electron chi connectivity index (χ4n) is 3.64. The standard InChI is InChI=1S/C19H18ClN3O4S/c20-15-1-6-18-14(11-15)12-19(21-18)13-7-9-22(10-8-13)28(26,27)17-4-2-16(3-5-17)23(24)25/h1-6,11-13,21H,7-10H2. The molecule has 1 aliphatic rings. The first-order valence-corrected chi connectivity index (χ1v) is 10.7. The molecule has 0 aliphatic carbocycles. The molecule has 1 fully saturated rings. The van der Waals surface area contributed by atoms with E-state index in [9.17, 15) is 18.5 Å². The molecule has 9 heteroatoms. The van der Waals surface area contributed by atoms with Crippen molar-refractivity contribution in [3.05, 3.63) is 69.4 Å². The van der Waals surface area contributed by atoms with Crippen molar-refractivity contribution in [1.29, 1.82) is 0 Å². The molecule has 1 aliphatic heterocycles. The van der Waals surface area contributed by atoms with Crippen molar-refractivity contribution in [2.45, 2.75) is 23.7 Å². The summed E-state index contributed by atoms with van der Waals surface area (Å²) in [6.07, 6.45) is 1.40. The number of aromatic amines is 1. The summed E-state index contributed by atoms with van der Waals surface area (Å²) in [6, 6.07) is 12.8. The molecule has 0 unspecified atom stereocenters. The molecule has 1 saturated heterocycles. The van der Waals surface area contributed by atoms with E-state index in [0.717, 1.165) is 16.6 Å². The quantitative estimate of drug-likeness (QED) is 0.503. The number of nitro benzene ring substituents is 1. The Morgan fingerprint density at radius 1 is 1.07 bits per heavy atom. The lowest BCUT2D eigenvalue weighted by molar-refractivity contribution is -0.384. The monoisotopic (exact) mass is 419 g/mol. The summed E-state index contributed by atoms with van der Waals surface area (Å²) in [4.78, 5) is 13.7. The molecule has 1 N–H and O–H groups in total. The van der Waals surface area contributed by atoms with Gasteiger partial charge in [-0.15, -0.1) is 0 Å². The van der Waals surface area contributed by atoms with Crippen LogP contribution in [0.1, 0.15) is 24.5 Å². The number of nitrogens with zero attached hydrogens (tertiary/aromatic N) is 2.